The number of nitrogen functional groups attached to an aromatic ring is 1. The smallest absolute Gasteiger partial charge is 0.185 e. The van der Waals surface area contributed by atoms with E-state index in [1.807, 2.05) is 0 Å². The van der Waals surface area contributed by atoms with E-state index in [4.69, 9.17) is 5.73 Å². The van der Waals surface area contributed by atoms with Crippen molar-refractivity contribution in [2.45, 2.75) is 6.42 Å². The number of benzene rings is 1. The van der Waals surface area contributed by atoms with E-state index < -0.39 is 0 Å². The first-order valence-electron chi connectivity index (χ1n) is 5.15. The molecule has 1 aromatic heterocycles. The molecule has 0 aliphatic carbocycles. The molecule has 3 nitrogen and oxygen atoms in total. The predicted molar refractivity (Wildman–Crippen MR) is 63.1 cm³/mol. The molecular weight excluding hydrogens is 219 g/mol. The van der Waals surface area contributed by atoms with Crippen LogP contribution in [0.5, 0.6) is 0 Å². The van der Waals surface area contributed by atoms with Gasteiger partial charge in [0.05, 0.1) is 0 Å². The third-order valence-electron chi connectivity index (χ3n) is 2.33. The zero-order valence-corrected chi connectivity index (χ0v) is 9.06. The number of carbonyl (C=O) groups excluding carboxylic acids is 1. The maximum atomic E-state index is 12.7. The Morgan fingerprint density at radius 3 is 2.53 bits per heavy atom. The second-order valence-corrected chi connectivity index (χ2v) is 3.67. The van der Waals surface area contributed by atoms with Crippen LogP contribution in [0.2, 0.25) is 0 Å². The summed E-state index contributed by atoms with van der Waals surface area (Å²) in [5.74, 6) is -0.137. The lowest BCUT2D eigenvalue weighted by molar-refractivity contribution is 0.0988. The molecule has 2 rings (SSSR count). The van der Waals surface area contributed by atoms with Crippen LogP contribution < -0.4 is 5.73 Å². The molecule has 1 heterocycles. The fourth-order valence-electron chi connectivity index (χ4n) is 1.48. The first-order chi connectivity index (χ1) is 8.15. The van der Waals surface area contributed by atoms with E-state index in [0.29, 0.717) is 11.5 Å². The van der Waals surface area contributed by atoms with Crippen molar-refractivity contribution in [2.75, 3.05) is 5.73 Å². The standard InChI is InChI=1S/C13H11FN2O/c14-10-6-4-9(5-7-10)8-12(17)11-2-1-3-13(15)16-11/h1-7H,8H2,(H2,15,16). The molecular formula is C13H11FN2O. The first kappa shape index (κ1) is 11.3. The molecule has 0 spiro atoms. The quantitative estimate of drug-likeness (QED) is 0.822. The van der Waals surface area contributed by atoms with Crippen LogP contribution in [0.4, 0.5) is 10.2 Å². The van der Waals surface area contributed by atoms with Crippen molar-refractivity contribution in [1.29, 1.82) is 0 Å². The van der Waals surface area contributed by atoms with Crippen molar-refractivity contribution in [2.24, 2.45) is 0 Å². The maximum absolute atomic E-state index is 12.7. The molecule has 86 valence electrons. The summed E-state index contributed by atoms with van der Waals surface area (Å²) < 4.78 is 12.7. The number of hydrogen-bond donors (Lipinski definition) is 1. The Bertz CT molecular complexity index is 537. The van der Waals surface area contributed by atoms with E-state index in [1.54, 1.807) is 30.3 Å². The lowest BCUT2D eigenvalue weighted by atomic mass is 10.1. The molecule has 1 aromatic carbocycles. The van der Waals surface area contributed by atoms with E-state index in [-0.39, 0.29) is 18.0 Å². The summed E-state index contributed by atoms with van der Waals surface area (Å²) in [6.45, 7) is 0. The average Bonchev–Trinajstić information content (AvgIpc) is 2.32. The van der Waals surface area contributed by atoms with E-state index in [9.17, 15) is 9.18 Å². The zero-order chi connectivity index (χ0) is 12.3. The van der Waals surface area contributed by atoms with Gasteiger partial charge >= 0.3 is 0 Å². The monoisotopic (exact) mass is 230 g/mol. The van der Waals surface area contributed by atoms with Gasteiger partial charge in [0.1, 0.15) is 17.3 Å². The van der Waals surface area contributed by atoms with E-state index in [1.165, 1.54) is 12.1 Å². The largest absolute Gasteiger partial charge is 0.384 e. The molecule has 4 heteroatoms. The SMILES string of the molecule is Nc1cccc(C(=O)Cc2ccc(F)cc2)n1. The molecule has 0 amide bonds. The van der Waals surface area contributed by atoms with Gasteiger partial charge in [0.2, 0.25) is 0 Å². The molecule has 0 bridgehead atoms. The summed E-state index contributed by atoms with van der Waals surface area (Å²) in [4.78, 5) is 15.8. The molecule has 0 atom stereocenters. The minimum absolute atomic E-state index is 0.135. The molecule has 2 aromatic rings. The third kappa shape index (κ3) is 2.87. The molecule has 17 heavy (non-hydrogen) atoms. The second-order valence-electron chi connectivity index (χ2n) is 3.67. The summed E-state index contributed by atoms with van der Waals surface area (Å²) in [6.07, 6.45) is 0.191. The topological polar surface area (TPSA) is 56.0 Å². The minimum atomic E-state index is -0.316. The van der Waals surface area contributed by atoms with Gasteiger partial charge in [-0.1, -0.05) is 18.2 Å². The Morgan fingerprint density at radius 2 is 1.88 bits per heavy atom. The molecule has 0 radical (unpaired) electrons. The van der Waals surface area contributed by atoms with Crippen LogP contribution in [0.3, 0.4) is 0 Å². The fraction of sp³-hybridized carbons (Fsp3) is 0.0769. The van der Waals surface area contributed by atoms with E-state index >= 15 is 0 Å². The lowest BCUT2D eigenvalue weighted by Crippen LogP contribution is -2.07. The highest BCUT2D eigenvalue weighted by atomic mass is 19.1. The van der Waals surface area contributed by atoms with Gasteiger partial charge < -0.3 is 5.73 Å². The summed E-state index contributed by atoms with van der Waals surface area (Å²) in [7, 11) is 0. The van der Waals surface area contributed by atoms with E-state index in [0.717, 1.165) is 5.56 Å². The summed E-state index contributed by atoms with van der Waals surface area (Å²) in [5, 5.41) is 0. The number of Topliss-reactive ketones (excluding diaryl/α,β-unsaturated/α-hetero) is 1. The van der Waals surface area contributed by atoms with Gasteiger partial charge in [0, 0.05) is 6.42 Å². The summed E-state index contributed by atoms with van der Waals surface area (Å²) in [5.41, 5.74) is 6.58. The Labute approximate surface area is 98.1 Å². The van der Waals surface area contributed by atoms with Gasteiger partial charge in [0.15, 0.2) is 5.78 Å². The third-order valence-corrected chi connectivity index (χ3v) is 2.33. The Balaban J connectivity index is 2.14. The van der Waals surface area contributed by atoms with Crippen molar-refractivity contribution in [1.82, 2.24) is 4.98 Å². The Morgan fingerprint density at radius 1 is 1.18 bits per heavy atom. The van der Waals surface area contributed by atoms with Gasteiger partial charge in [-0.3, -0.25) is 4.79 Å². The van der Waals surface area contributed by atoms with Crippen LogP contribution >= 0.6 is 0 Å². The van der Waals surface area contributed by atoms with Crippen LogP contribution in [-0.2, 0) is 6.42 Å². The number of halogens is 1. The molecule has 0 saturated carbocycles. The van der Waals surface area contributed by atoms with Crippen LogP contribution in [0.1, 0.15) is 16.1 Å². The maximum Gasteiger partial charge on any atom is 0.185 e. The number of ketones is 1. The number of anilines is 1. The number of carbonyl (C=O) groups is 1. The molecule has 0 saturated heterocycles. The number of nitrogens with two attached hydrogens (primary N) is 1. The number of rotatable bonds is 3. The van der Waals surface area contributed by atoms with Crippen molar-refractivity contribution in [3.63, 3.8) is 0 Å². The van der Waals surface area contributed by atoms with Crippen molar-refractivity contribution in [3.05, 3.63) is 59.5 Å². The Hall–Kier alpha value is -2.23. The molecule has 2 N–H and O–H groups in total. The Kier molecular flexibility index (Phi) is 3.14. The lowest BCUT2D eigenvalue weighted by Gasteiger charge is -2.01. The highest BCUT2D eigenvalue weighted by Crippen LogP contribution is 2.08. The van der Waals surface area contributed by atoms with E-state index in [2.05, 4.69) is 4.98 Å². The van der Waals surface area contributed by atoms with Crippen molar-refractivity contribution < 1.29 is 9.18 Å². The van der Waals surface area contributed by atoms with Crippen molar-refractivity contribution >= 4 is 11.6 Å². The minimum Gasteiger partial charge on any atom is -0.384 e. The van der Waals surface area contributed by atoms with Gasteiger partial charge in [-0.05, 0) is 29.8 Å². The van der Waals surface area contributed by atoms with Gasteiger partial charge in [-0.2, -0.15) is 0 Å². The number of nitrogens with zero attached hydrogens (tertiary/aromatic N) is 1. The fourth-order valence-corrected chi connectivity index (χ4v) is 1.48. The molecule has 0 unspecified atom stereocenters. The van der Waals surface area contributed by atoms with Gasteiger partial charge in [-0.15, -0.1) is 0 Å². The van der Waals surface area contributed by atoms with Crippen LogP contribution in [0.25, 0.3) is 0 Å². The first-order valence-corrected chi connectivity index (χ1v) is 5.15. The summed E-state index contributed by atoms with van der Waals surface area (Å²) >= 11 is 0. The number of hydrogen-bond acceptors (Lipinski definition) is 3. The normalized spacial score (nSPS) is 10.2. The number of aromatic nitrogens is 1. The van der Waals surface area contributed by atoms with Gasteiger partial charge in [-0.25, -0.2) is 9.37 Å². The average molecular weight is 230 g/mol. The van der Waals surface area contributed by atoms with Crippen LogP contribution in [-0.4, -0.2) is 10.8 Å². The highest BCUT2D eigenvalue weighted by molar-refractivity contribution is 5.96. The zero-order valence-electron chi connectivity index (χ0n) is 9.06. The predicted octanol–water partition coefficient (Wildman–Crippen LogP) is 2.23. The number of pyridine rings is 1. The molecule has 0 aliphatic rings. The highest BCUT2D eigenvalue weighted by Gasteiger charge is 2.08. The molecule has 0 aliphatic heterocycles. The second kappa shape index (κ2) is 4.74. The molecule has 0 fully saturated rings. The summed E-state index contributed by atoms with van der Waals surface area (Å²) in [6, 6.07) is 10.7. The van der Waals surface area contributed by atoms with Crippen molar-refractivity contribution in [3.8, 4) is 0 Å². The van der Waals surface area contributed by atoms with Crippen LogP contribution in [0.15, 0.2) is 42.5 Å². The van der Waals surface area contributed by atoms with Crippen LogP contribution in [0, 0.1) is 5.82 Å². The van der Waals surface area contributed by atoms with Gasteiger partial charge in [0.25, 0.3) is 0 Å².